The van der Waals surface area contributed by atoms with Crippen LogP contribution in [0.2, 0.25) is 0 Å². The van der Waals surface area contributed by atoms with Crippen molar-refractivity contribution in [1.29, 1.82) is 0 Å². The Bertz CT molecular complexity index is 898. The second kappa shape index (κ2) is 10.2. The number of urea groups is 1. The van der Waals surface area contributed by atoms with Gasteiger partial charge in [-0.15, -0.1) is 0 Å². The SMILES string of the molecule is CCN1C[C@H](CN(C)C(=O)c2ccc(CNC(=O)NC(C)C)cc2)Oc2ccccc21. The summed E-state index contributed by atoms with van der Waals surface area (Å²) in [6.45, 7) is 8.48. The minimum absolute atomic E-state index is 0.0532. The van der Waals surface area contributed by atoms with E-state index in [2.05, 4.69) is 28.5 Å². The van der Waals surface area contributed by atoms with Gasteiger partial charge in [0, 0.05) is 31.7 Å². The molecule has 0 radical (unpaired) electrons. The molecule has 1 atom stereocenters. The number of carbonyl (C=O) groups is 2. The van der Waals surface area contributed by atoms with Crippen LogP contribution in [0.4, 0.5) is 10.5 Å². The highest BCUT2D eigenvalue weighted by molar-refractivity contribution is 5.94. The second-order valence-electron chi connectivity index (χ2n) is 8.11. The predicted octanol–water partition coefficient (Wildman–Crippen LogP) is 3.25. The maximum absolute atomic E-state index is 12.9. The molecule has 0 fully saturated rings. The monoisotopic (exact) mass is 424 g/mol. The van der Waals surface area contributed by atoms with E-state index < -0.39 is 0 Å². The molecule has 2 aromatic carbocycles. The van der Waals surface area contributed by atoms with Crippen LogP contribution in [0.1, 0.15) is 36.7 Å². The Kier molecular flexibility index (Phi) is 7.39. The van der Waals surface area contributed by atoms with Crippen LogP contribution in [0.5, 0.6) is 5.75 Å². The average Bonchev–Trinajstić information content (AvgIpc) is 2.76. The van der Waals surface area contributed by atoms with Crippen molar-refractivity contribution in [3.05, 3.63) is 59.7 Å². The lowest BCUT2D eigenvalue weighted by Gasteiger charge is -2.37. The molecule has 1 aliphatic rings. The summed E-state index contributed by atoms with van der Waals surface area (Å²) in [4.78, 5) is 28.6. The van der Waals surface area contributed by atoms with Crippen LogP contribution in [-0.4, -0.2) is 55.7 Å². The molecular weight excluding hydrogens is 392 g/mol. The van der Waals surface area contributed by atoms with Crippen molar-refractivity contribution in [1.82, 2.24) is 15.5 Å². The van der Waals surface area contributed by atoms with Crippen LogP contribution in [0, 0.1) is 0 Å². The molecule has 7 nitrogen and oxygen atoms in total. The van der Waals surface area contributed by atoms with Gasteiger partial charge in [-0.1, -0.05) is 24.3 Å². The van der Waals surface area contributed by atoms with Gasteiger partial charge in [0.1, 0.15) is 11.9 Å². The number of hydrogen-bond acceptors (Lipinski definition) is 4. The van der Waals surface area contributed by atoms with E-state index in [9.17, 15) is 9.59 Å². The fourth-order valence-electron chi connectivity index (χ4n) is 3.64. The molecule has 31 heavy (non-hydrogen) atoms. The molecule has 3 amide bonds. The summed E-state index contributed by atoms with van der Waals surface area (Å²) in [5.74, 6) is 0.808. The van der Waals surface area contributed by atoms with Gasteiger partial charge in [-0.3, -0.25) is 4.79 Å². The van der Waals surface area contributed by atoms with E-state index in [-0.39, 0.29) is 24.1 Å². The number of nitrogens with zero attached hydrogens (tertiary/aromatic N) is 2. The summed E-state index contributed by atoms with van der Waals surface area (Å²) in [5, 5.41) is 5.59. The number of ether oxygens (including phenoxy) is 1. The third-order valence-corrected chi connectivity index (χ3v) is 5.20. The third kappa shape index (κ3) is 5.90. The van der Waals surface area contributed by atoms with Gasteiger partial charge in [0.05, 0.1) is 18.8 Å². The summed E-state index contributed by atoms with van der Waals surface area (Å²) in [5.41, 5.74) is 2.65. The van der Waals surface area contributed by atoms with Gasteiger partial charge in [0.25, 0.3) is 5.91 Å². The van der Waals surface area contributed by atoms with Gasteiger partial charge in [0.2, 0.25) is 0 Å². The molecule has 0 bridgehead atoms. The minimum atomic E-state index is -0.204. The Morgan fingerprint density at radius 2 is 1.87 bits per heavy atom. The fourth-order valence-corrected chi connectivity index (χ4v) is 3.64. The van der Waals surface area contributed by atoms with Gasteiger partial charge in [-0.2, -0.15) is 0 Å². The number of hydrogen-bond donors (Lipinski definition) is 2. The number of para-hydroxylation sites is 2. The molecule has 166 valence electrons. The Labute approximate surface area is 184 Å². The molecule has 1 heterocycles. The molecule has 0 saturated heterocycles. The average molecular weight is 425 g/mol. The zero-order valence-electron chi connectivity index (χ0n) is 18.7. The number of nitrogens with one attached hydrogen (secondary N) is 2. The number of rotatable bonds is 7. The number of amides is 3. The summed E-state index contributed by atoms with van der Waals surface area (Å²) in [6, 6.07) is 15.2. The maximum Gasteiger partial charge on any atom is 0.315 e. The molecular formula is C24H32N4O3. The fraction of sp³-hybridized carbons (Fsp3) is 0.417. The minimum Gasteiger partial charge on any atom is -0.485 e. The van der Waals surface area contributed by atoms with Gasteiger partial charge < -0.3 is 25.2 Å². The molecule has 2 aromatic rings. The first-order valence-electron chi connectivity index (χ1n) is 10.8. The summed E-state index contributed by atoms with van der Waals surface area (Å²) >= 11 is 0. The maximum atomic E-state index is 12.9. The lowest BCUT2D eigenvalue weighted by molar-refractivity contribution is 0.0709. The first-order valence-corrected chi connectivity index (χ1v) is 10.8. The summed E-state index contributed by atoms with van der Waals surface area (Å²) in [6.07, 6.45) is -0.0910. The van der Waals surface area contributed by atoms with Crippen LogP contribution in [0.15, 0.2) is 48.5 Å². The quantitative estimate of drug-likeness (QED) is 0.716. The molecule has 0 unspecified atom stereocenters. The third-order valence-electron chi connectivity index (χ3n) is 5.20. The highest BCUT2D eigenvalue weighted by Crippen LogP contribution is 2.32. The second-order valence-corrected chi connectivity index (χ2v) is 8.11. The zero-order valence-corrected chi connectivity index (χ0v) is 18.7. The van der Waals surface area contributed by atoms with E-state index in [0.717, 1.165) is 30.1 Å². The van der Waals surface area contributed by atoms with E-state index in [1.807, 2.05) is 44.2 Å². The molecule has 0 spiro atoms. The zero-order chi connectivity index (χ0) is 22.4. The smallest absolute Gasteiger partial charge is 0.315 e. The van der Waals surface area contributed by atoms with Crippen LogP contribution in [0.25, 0.3) is 0 Å². The van der Waals surface area contributed by atoms with Crippen LogP contribution in [-0.2, 0) is 6.54 Å². The van der Waals surface area contributed by atoms with E-state index in [1.54, 1.807) is 24.1 Å². The van der Waals surface area contributed by atoms with Gasteiger partial charge in [-0.25, -0.2) is 4.79 Å². The number of likely N-dealkylation sites (N-methyl/N-ethyl adjacent to an activating group) is 2. The Hall–Kier alpha value is -3.22. The topological polar surface area (TPSA) is 73.9 Å². The summed E-state index contributed by atoms with van der Waals surface area (Å²) < 4.78 is 6.14. The lowest BCUT2D eigenvalue weighted by Crippen LogP contribution is -2.46. The normalized spacial score (nSPS) is 15.1. The van der Waals surface area contributed by atoms with Crippen molar-refractivity contribution >= 4 is 17.6 Å². The Morgan fingerprint density at radius 1 is 1.16 bits per heavy atom. The van der Waals surface area contributed by atoms with Crippen molar-refractivity contribution < 1.29 is 14.3 Å². The van der Waals surface area contributed by atoms with Crippen molar-refractivity contribution in [2.75, 3.05) is 31.6 Å². The Morgan fingerprint density at radius 3 is 2.55 bits per heavy atom. The van der Waals surface area contributed by atoms with Crippen LogP contribution in [0.3, 0.4) is 0 Å². The highest BCUT2D eigenvalue weighted by Gasteiger charge is 2.27. The van der Waals surface area contributed by atoms with Crippen LogP contribution >= 0.6 is 0 Å². The van der Waals surface area contributed by atoms with Crippen molar-refractivity contribution in [3.63, 3.8) is 0 Å². The standard InChI is InChI=1S/C24H32N4O3/c1-5-28-16-20(31-22-9-7-6-8-21(22)28)15-27(4)23(29)19-12-10-18(11-13-19)14-25-24(30)26-17(2)3/h6-13,17,20H,5,14-16H2,1-4H3,(H2,25,26,30)/t20-/m0/s1. The first kappa shape index (κ1) is 22.5. The molecule has 2 N–H and O–H groups in total. The largest absolute Gasteiger partial charge is 0.485 e. The van der Waals surface area contributed by atoms with Gasteiger partial charge >= 0.3 is 6.03 Å². The van der Waals surface area contributed by atoms with E-state index in [0.29, 0.717) is 18.7 Å². The van der Waals surface area contributed by atoms with Crippen molar-refractivity contribution in [2.45, 2.75) is 39.5 Å². The lowest BCUT2D eigenvalue weighted by atomic mass is 10.1. The number of anilines is 1. The Balaban J connectivity index is 1.56. The number of fused-ring (bicyclic) bond motifs is 1. The molecule has 0 aliphatic carbocycles. The molecule has 1 aliphatic heterocycles. The highest BCUT2D eigenvalue weighted by atomic mass is 16.5. The van der Waals surface area contributed by atoms with Crippen molar-refractivity contribution in [3.8, 4) is 5.75 Å². The number of carbonyl (C=O) groups excluding carboxylic acids is 2. The number of benzene rings is 2. The first-order chi connectivity index (χ1) is 14.9. The molecule has 0 aromatic heterocycles. The van der Waals surface area contributed by atoms with Gasteiger partial charge in [0.15, 0.2) is 0 Å². The van der Waals surface area contributed by atoms with E-state index in [4.69, 9.17) is 4.74 Å². The van der Waals surface area contributed by atoms with Crippen molar-refractivity contribution in [2.24, 2.45) is 0 Å². The molecule has 3 rings (SSSR count). The molecule has 7 heteroatoms. The predicted molar refractivity (Wildman–Crippen MR) is 123 cm³/mol. The molecule has 0 saturated carbocycles. The van der Waals surface area contributed by atoms with E-state index in [1.165, 1.54) is 0 Å². The van der Waals surface area contributed by atoms with E-state index >= 15 is 0 Å². The summed E-state index contributed by atoms with van der Waals surface area (Å²) in [7, 11) is 1.80. The van der Waals surface area contributed by atoms with Crippen LogP contribution < -0.4 is 20.3 Å². The van der Waals surface area contributed by atoms with Gasteiger partial charge in [-0.05, 0) is 50.6 Å².